The van der Waals surface area contributed by atoms with Gasteiger partial charge in [-0.1, -0.05) is 30.3 Å². The van der Waals surface area contributed by atoms with E-state index >= 15 is 0 Å². The lowest BCUT2D eigenvalue weighted by molar-refractivity contribution is 0.0473. The molecule has 1 fully saturated rings. The zero-order valence-corrected chi connectivity index (χ0v) is 11.1. The summed E-state index contributed by atoms with van der Waals surface area (Å²) < 4.78 is 10.5. The highest BCUT2D eigenvalue weighted by Crippen LogP contribution is 2.08. The van der Waals surface area contributed by atoms with Crippen molar-refractivity contribution < 1.29 is 14.3 Å². The third-order valence-corrected chi connectivity index (χ3v) is 3.25. The molecule has 1 saturated heterocycles. The van der Waals surface area contributed by atoms with Crippen LogP contribution in [0.15, 0.2) is 30.3 Å². The first-order chi connectivity index (χ1) is 9.29. The topological polar surface area (TPSA) is 59.6 Å². The van der Waals surface area contributed by atoms with Crippen LogP contribution in [0.3, 0.4) is 0 Å². The Morgan fingerprint density at radius 2 is 2.21 bits per heavy atom. The Labute approximate surface area is 113 Å². The van der Waals surface area contributed by atoms with Gasteiger partial charge in [-0.25, -0.2) is 4.79 Å². The Kier molecular flexibility index (Phi) is 5.18. The maximum atomic E-state index is 11.7. The van der Waals surface area contributed by atoms with Gasteiger partial charge in [-0.3, -0.25) is 0 Å². The highest BCUT2D eigenvalue weighted by Gasteiger charge is 2.26. The van der Waals surface area contributed by atoms with Crippen molar-refractivity contribution in [3.8, 4) is 0 Å². The minimum atomic E-state index is -0.391. The van der Waals surface area contributed by atoms with E-state index in [0.29, 0.717) is 0 Å². The van der Waals surface area contributed by atoms with E-state index in [4.69, 9.17) is 9.47 Å². The zero-order chi connectivity index (χ0) is 13.5. The Hall–Kier alpha value is -1.59. The summed E-state index contributed by atoms with van der Waals surface area (Å²) in [4.78, 5) is 11.7. The quantitative estimate of drug-likeness (QED) is 0.860. The second-order valence-electron chi connectivity index (χ2n) is 4.58. The predicted molar refractivity (Wildman–Crippen MR) is 71.8 cm³/mol. The minimum absolute atomic E-state index is 0.00183. The maximum Gasteiger partial charge on any atom is 0.407 e. The molecule has 0 radical (unpaired) electrons. The molecule has 2 rings (SSSR count). The van der Waals surface area contributed by atoms with Crippen LogP contribution in [0, 0.1) is 0 Å². The smallest absolute Gasteiger partial charge is 0.407 e. The van der Waals surface area contributed by atoms with E-state index < -0.39 is 6.09 Å². The maximum absolute atomic E-state index is 11.7. The first-order valence-corrected chi connectivity index (χ1v) is 6.50. The van der Waals surface area contributed by atoms with Crippen molar-refractivity contribution in [1.82, 2.24) is 10.6 Å². The van der Waals surface area contributed by atoms with E-state index in [-0.39, 0.29) is 18.8 Å². The summed E-state index contributed by atoms with van der Waals surface area (Å²) in [5.41, 5.74) is 0.978. The SMILES string of the molecule is CO[C@H]1CNCC[C@@H]1NC(=O)OCc1ccccc1. The molecule has 1 aliphatic rings. The van der Waals surface area contributed by atoms with Crippen LogP contribution in [0.25, 0.3) is 0 Å². The number of hydrogen-bond donors (Lipinski definition) is 2. The van der Waals surface area contributed by atoms with E-state index in [9.17, 15) is 4.79 Å². The van der Waals surface area contributed by atoms with Crippen LogP contribution in [-0.4, -0.2) is 38.4 Å². The molecule has 2 atom stereocenters. The number of amides is 1. The number of hydrogen-bond acceptors (Lipinski definition) is 4. The van der Waals surface area contributed by atoms with Crippen LogP contribution in [0.1, 0.15) is 12.0 Å². The molecule has 0 saturated carbocycles. The molecule has 0 aliphatic carbocycles. The third-order valence-electron chi connectivity index (χ3n) is 3.25. The van der Waals surface area contributed by atoms with Gasteiger partial charge in [-0.2, -0.15) is 0 Å². The van der Waals surface area contributed by atoms with Gasteiger partial charge >= 0.3 is 6.09 Å². The first kappa shape index (κ1) is 13.8. The van der Waals surface area contributed by atoms with Gasteiger partial charge in [0.15, 0.2) is 0 Å². The lowest BCUT2D eigenvalue weighted by Gasteiger charge is -2.31. The fourth-order valence-electron chi connectivity index (χ4n) is 2.16. The van der Waals surface area contributed by atoms with Crippen LogP contribution >= 0.6 is 0 Å². The number of ether oxygens (including phenoxy) is 2. The van der Waals surface area contributed by atoms with Gasteiger partial charge in [0.2, 0.25) is 0 Å². The summed E-state index contributed by atoms with van der Waals surface area (Å²) >= 11 is 0. The minimum Gasteiger partial charge on any atom is -0.445 e. The summed E-state index contributed by atoms with van der Waals surface area (Å²) in [6, 6.07) is 9.64. The Morgan fingerprint density at radius 3 is 2.95 bits per heavy atom. The van der Waals surface area contributed by atoms with Gasteiger partial charge in [0.05, 0.1) is 12.1 Å². The number of rotatable bonds is 4. The normalized spacial score (nSPS) is 22.8. The Morgan fingerprint density at radius 1 is 1.42 bits per heavy atom. The number of piperidine rings is 1. The first-order valence-electron chi connectivity index (χ1n) is 6.50. The molecule has 1 heterocycles. The monoisotopic (exact) mass is 264 g/mol. The van der Waals surface area contributed by atoms with Crippen LogP contribution in [-0.2, 0) is 16.1 Å². The van der Waals surface area contributed by atoms with E-state index in [0.717, 1.165) is 25.1 Å². The van der Waals surface area contributed by atoms with Crippen molar-refractivity contribution in [2.24, 2.45) is 0 Å². The highest BCUT2D eigenvalue weighted by molar-refractivity contribution is 5.67. The number of carbonyl (C=O) groups is 1. The van der Waals surface area contributed by atoms with Crippen molar-refractivity contribution in [2.45, 2.75) is 25.2 Å². The molecule has 104 valence electrons. The highest BCUT2D eigenvalue weighted by atomic mass is 16.5. The lowest BCUT2D eigenvalue weighted by atomic mass is 10.0. The van der Waals surface area contributed by atoms with Crippen molar-refractivity contribution >= 4 is 6.09 Å². The van der Waals surface area contributed by atoms with Crippen LogP contribution < -0.4 is 10.6 Å². The molecule has 2 N–H and O–H groups in total. The lowest BCUT2D eigenvalue weighted by Crippen LogP contribution is -2.53. The van der Waals surface area contributed by atoms with Crippen molar-refractivity contribution in [2.75, 3.05) is 20.2 Å². The molecule has 0 unspecified atom stereocenters. The number of benzene rings is 1. The van der Waals surface area contributed by atoms with E-state index in [1.807, 2.05) is 30.3 Å². The molecule has 5 nitrogen and oxygen atoms in total. The van der Waals surface area contributed by atoms with E-state index in [2.05, 4.69) is 10.6 Å². The fraction of sp³-hybridized carbons (Fsp3) is 0.500. The number of nitrogens with one attached hydrogen (secondary N) is 2. The molecule has 1 aromatic rings. The zero-order valence-electron chi connectivity index (χ0n) is 11.1. The van der Waals surface area contributed by atoms with Gasteiger partial charge in [-0.15, -0.1) is 0 Å². The fourth-order valence-corrected chi connectivity index (χ4v) is 2.16. The molecular weight excluding hydrogens is 244 g/mol. The van der Waals surface area contributed by atoms with Gasteiger partial charge in [0, 0.05) is 13.7 Å². The summed E-state index contributed by atoms with van der Waals surface area (Å²) in [6.45, 7) is 1.92. The molecule has 5 heteroatoms. The molecule has 19 heavy (non-hydrogen) atoms. The predicted octanol–water partition coefficient (Wildman–Crippen LogP) is 1.29. The number of carbonyl (C=O) groups excluding carboxylic acids is 1. The summed E-state index contributed by atoms with van der Waals surface area (Å²) in [6.07, 6.45) is 0.453. The van der Waals surface area contributed by atoms with E-state index in [1.54, 1.807) is 7.11 Å². The number of alkyl carbamates (subject to hydrolysis) is 1. The molecule has 1 amide bonds. The van der Waals surface area contributed by atoms with Crippen molar-refractivity contribution in [3.05, 3.63) is 35.9 Å². The Bertz CT molecular complexity index is 397. The van der Waals surface area contributed by atoms with E-state index in [1.165, 1.54) is 0 Å². The summed E-state index contributed by atoms with van der Waals surface area (Å²) in [5, 5.41) is 6.09. The summed E-state index contributed by atoms with van der Waals surface area (Å²) in [7, 11) is 1.65. The van der Waals surface area contributed by atoms with Crippen LogP contribution in [0.2, 0.25) is 0 Å². The van der Waals surface area contributed by atoms with Crippen molar-refractivity contribution in [1.29, 1.82) is 0 Å². The second-order valence-corrected chi connectivity index (χ2v) is 4.58. The largest absolute Gasteiger partial charge is 0.445 e. The van der Waals surface area contributed by atoms with Crippen LogP contribution in [0.5, 0.6) is 0 Å². The molecule has 0 bridgehead atoms. The summed E-state index contributed by atoms with van der Waals surface area (Å²) in [5.74, 6) is 0. The molecule has 1 aromatic carbocycles. The standard InChI is InChI=1S/C14H20N2O3/c1-18-13-9-15-8-7-12(13)16-14(17)19-10-11-5-3-2-4-6-11/h2-6,12-13,15H,7-10H2,1H3,(H,16,17)/t12-,13-/m0/s1. The van der Waals surface area contributed by atoms with Gasteiger partial charge in [0.1, 0.15) is 6.61 Å². The second kappa shape index (κ2) is 7.11. The average molecular weight is 264 g/mol. The van der Waals surface area contributed by atoms with Crippen LogP contribution in [0.4, 0.5) is 4.79 Å². The molecular formula is C14H20N2O3. The van der Waals surface area contributed by atoms with Crippen molar-refractivity contribution in [3.63, 3.8) is 0 Å². The molecule has 0 spiro atoms. The molecule has 1 aliphatic heterocycles. The third kappa shape index (κ3) is 4.22. The van der Waals surface area contributed by atoms with Gasteiger partial charge in [0.25, 0.3) is 0 Å². The number of methoxy groups -OCH3 is 1. The van der Waals surface area contributed by atoms with Gasteiger partial charge in [-0.05, 0) is 18.5 Å². The molecule has 0 aromatic heterocycles. The Balaban J connectivity index is 1.77. The van der Waals surface area contributed by atoms with Gasteiger partial charge < -0.3 is 20.1 Å². The average Bonchev–Trinajstić information content (AvgIpc) is 2.47.